The lowest BCUT2D eigenvalue weighted by atomic mass is 9.77. The van der Waals surface area contributed by atoms with Gasteiger partial charge in [-0.25, -0.2) is 0 Å². The first-order valence-corrected chi connectivity index (χ1v) is 17.6. The van der Waals surface area contributed by atoms with Crippen LogP contribution in [0.15, 0.2) is 59.6 Å². The molecule has 0 aliphatic carbocycles. The molecule has 0 amide bonds. The fraction of sp³-hybridized carbons (Fsp3) is 0.550. The van der Waals surface area contributed by atoms with Crippen molar-refractivity contribution in [2.75, 3.05) is 11.9 Å². The van der Waals surface area contributed by atoms with Crippen LogP contribution in [0.2, 0.25) is 0 Å². The van der Waals surface area contributed by atoms with Crippen LogP contribution in [0.3, 0.4) is 0 Å². The lowest BCUT2D eigenvalue weighted by Gasteiger charge is -2.45. The Labute approximate surface area is 266 Å². The van der Waals surface area contributed by atoms with Crippen molar-refractivity contribution in [1.82, 2.24) is 0 Å². The minimum absolute atomic E-state index is 0.225. The highest BCUT2D eigenvalue weighted by atomic mass is 16.5. The van der Waals surface area contributed by atoms with Gasteiger partial charge in [-0.15, -0.1) is 0 Å². The van der Waals surface area contributed by atoms with Gasteiger partial charge in [0.2, 0.25) is 5.72 Å². The van der Waals surface area contributed by atoms with Crippen molar-refractivity contribution >= 4 is 34.1 Å². The second-order valence-corrected chi connectivity index (χ2v) is 13.7. The van der Waals surface area contributed by atoms with Crippen LogP contribution in [0.1, 0.15) is 139 Å². The third-order valence-corrected chi connectivity index (χ3v) is 10.3. The number of anilines is 1. The van der Waals surface area contributed by atoms with Gasteiger partial charge in [-0.3, -0.25) is 9.79 Å². The highest BCUT2D eigenvalue weighted by Crippen LogP contribution is 2.54. The lowest BCUT2D eigenvalue weighted by Crippen LogP contribution is -2.61. The summed E-state index contributed by atoms with van der Waals surface area (Å²) in [4.78, 5) is 20.4. The standard InChI is InChI=1S/C40H54N2O2/c1-5-6-7-8-9-10-11-12-13-14-15-16-17-18-19-24-36(43)32-26-25-31-27-28-37-38(33(31)29-32)41-30-40(44-37)39(2,3)34-22-20-21-23-35(34)42(40)4/h20-23,25-30H,5-19,24H2,1-4H3. The molecule has 1 spiro atoms. The second kappa shape index (κ2) is 14.8. The van der Waals surface area contributed by atoms with Crippen LogP contribution in [0.4, 0.5) is 11.4 Å². The fourth-order valence-corrected chi connectivity index (χ4v) is 7.35. The van der Waals surface area contributed by atoms with Gasteiger partial charge >= 0.3 is 0 Å². The number of benzene rings is 3. The molecular formula is C40H54N2O2. The number of nitrogens with zero attached hydrogens (tertiary/aromatic N) is 2. The minimum atomic E-state index is -0.710. The molecule has 0 radical (unpaired) electrons. The minimum Gasteiger partial charge on any atom is -0.459 e. The first-order chi connectivity index (χ1) is 21.4. The normalized spacial score (nSPS) is 18.0. The van der Waals surface area contributed by atoms with E-state index in [4.69, 9.17) is 9.73 Å². The highest BCUT2D eigenvalue weighted by Gasteiger charge is 2.58. The number of aliphatic imine (C=N–C) groups is 1. The van der Waals surface area contributed by atoms with Crippen LogP contribution in [0, 0.1) is 0 Å². The van der Waals surface area contributed by atoms with Gasteiger partial charge in [0.05, 0.1) is 11.6 Å². The Kier molecular flexibility index (Phi) is 10.8. The third-order valence-electron chi connectivity index (χ3n) is 10.3. The summed E-state index contributed by atoms with van der Waals surface area (Å²) in [5.41, 5.74) is 3.01. The number of carbonyl (C=O) groups is 1. The van der Waals surface area contributed by atoms with E-state index in [0.29, 0.717) is 6.42 Å². The van der Waals surface area contributed by atoms with Gasteiger partial charge in [-0.2, -0.15) is 0 Å². The van der Waals surface area contributed by atoms with Crippen molar-refractivity contribution in [3.05, 3.63) is 65.7 Å². The Hall–Kier alpha value is -3.14. The predicted molar refractivity (Wildman–Crippen MR) is 187 cm³/mol. The van der Waals surface area contributed by atoms with Crippen molar-refractivity contribution in [1.29, 1.82) is 0 Å². The molecule has 236 valence electrons. The number of likely N-dealkylation sites (N-methyl/N-ethyl adjacent to an activating group) is 1. The van der Waals surface area contributed by atoms with Crippen LogP contribution >= 0.6 is 0 Å². The smallest absolute Gasteiger partial charge is 0.228 e. The van der Waals surface area contributed by atoms with Crippen LogP contribution in [0.25, 0.3) is 10.8 Å². The van der Waals surface area contributed by atoms with Crippen molar-refractivity contribution < 1.29 is 9.53 Å². The number of unbranched alkanes of at least 4 members (excludes halogenated alkanes) is 14. The number of Topliss-reactive ketones (excluding diaryl/α,β-unsaturated/α-hetero) is 1. The molecule has 1 atom stereocenters. The van der Waals surface area contributed by atoms with Gasteiger partial charge in [0.25, 0.3) is 0 Å². The fourth-order valence-electron chi connectivity index (χ4n) is 7.35. The number of fused-ring (bicyclic) bond motifs is 4. The van der Waals surface area contributed by atoms with E-state index in [1.807, 2.05) is 24.4 Å². The van der Waals surface area contributed by atoms with E-state index in [9.17, 15) is 4.79 Å². The Balaban J connectivity index is 1.09. The number of ketones is 1. The molecule has 2 aliphatic rings. The Morgan fingerprint density at radius 3 is 2.00 bits per heavy atom. The molecule has 5 rings (SSSR count). The molecule has 2 heterocycles. The van der Waals surface area contributed by atoms with Gasteiger partial charge in [0.1, 0.15) is 11.4 Å². The SMILES string of the molecule is CCCCCCCCCCCCCCCCCC(=O)c1ccc2ccc3c(c2c1)N=CC1(O3)N(C)c2ccccc2C1(C)C. The van der Waals surface area contributed by atoms with Gasteiger partial charge in [0, 0.05) is 30.1 Å². The molecule has 0 saturated carbocycles. The van der Waals surface area contributed by atoms with Crippen LogP contribution in [-0.4, -0.2) is 24.8 Å². The zero-order valence-corrected chi connectivity index (χ0v) is 27.8. The summed E-state index contributed by atoms with van der Waals surface area (Å²) in [5.74, 6) is 0.989. The van der Waals surface area contributed by atoms with E-state index in [2.05, 4.69) is 69.1 Å². The number of hydrogen-bond donors (Lipinski definition) is 0. The molecule has 3 aromatic rings. The molecular weight excluding hydrogens is 540 g/mol. The number of hydrogen-bond acceptors (Lipinski definition) is 4. The van der Waals surface area contributed by atoms with Crippen molar-refractivity contribution in [2.24, 2.45) is 4.99 Å². The zero-order valence-electron chi connectivity index (χ0n) is 27.8. The zero-order chi connectivity index (χ0) is 31.0. The average Bonchev–Trinajstić information content (AvgIpc) is 3.20. The second-order valence-electron chi connectivity index (χ2n) is 13.7. The van der Waals surface area contributed by atoms with Gasteiger partial charge in [-0.1, -0.05) is 133 Å². The molecule has 0 aromatic heterocycles. The number of para-hydroxylation sites is 1. The molecule has 0 saturated heterocycles. The van der Waals surface area contributed by atoms with E-state index in [1.54, 1.807) is 0 Å². The maximum atomic E-state index is 13.2. The number of rotatable bonds is 17. The van der Waals surface area contributed by atoms with Gasteiger partial charge in [-0.05, 0) is 49.4 Å². The van der Waals surface area contributed by atoms with Crippen LogP contribution < -0.4 is 9.64 Å². The third kappa shape index (κ3) is 6.75. The number of carbonyl (C=O) groups excluding carboxylic acids is 1. The maximum absolute atomic E-state index is 13.2. The Morgan fingerprint density at radius 2 is 1.36 bits per heavy atom. The number of ether oxygens (including phenoxy) is 1. The van der Waals surface area contributed by atoms with Crippen LogP contribution in [0.5, 0.6) is 5.75 Å². The Bertz CT molecular complexity index is 1440. The quantitative estimate of drug-likeness (QED) is 0.115. The molecule has 44 heavy (non-hydrogen) atoms. The van der Waals surface area contributed by atoms with E-state index in [-0.39, 0.29) is 11.2 Å². The average molecular weight is 595 g/mol. The van der Waals surface area contributed by atoms with Crippen molar-refractivity contribution in [3.8, 4) is 5.75 Å². The van der Waals surface area contributed by atoms with Gasteiger partial charge < -0.3 is 9.64 Å². The molecule has 4 heteroatoms. The maximum Gasteiger partial charge on any atom is 0.228 e. The predicted octanol–water partition coefficient (Wildman–Crippen LogP) is 11.5. The molecule has 3 aromatic carbocycles. The summed E-state index contributed by atoms with van der Waals surface area (Å²) in [7, 11) is 2.08. The first-order valence-electron chi connectivity index (χ1n) is 17.6. The summed E-state index contributed by atoms with van der Waals surface area (Å²) in [6.45, 7) is 6.73. The summed E-state index contributed by atoms with van der Waals surface area (Å²) in [6.07, 6.45) is 22.5. The highest BCUT2D eigenvalue weighted by molar-refractivity contribution is 6.05. The van der Waals surface area contributed by atoms with Crippen molar-refractivity contribution in [3.63, 3.8) is 0 Å². The largest absolute Gasteiger partial charge is 0.459 e. The van der Waals surface area contributed by atoms with E-state index in [0.717, 1.165) is 40.6 Å². The molecule has 2 aliphatic heterocycles. The lowest BCUT2D eigenvalue weighted by molar-refractivity contribution is 0.0826. The first kappa shape index (κ1) is 32.3. The van der Waals surface area contributed by atoms with E-state index < -0.39 is 5.72 Å². The van der Waals surface area contributed by atoms with Crippen molar-refractivity contribution in [2.45, 2.75) is 135 Å². The molecule has 0 fully saturated rings. The monoisotopic (exact) mass is 594 g/mol. The summed E-state index contributed by atoms with van der Waals surface area (Å²) < 4.78 is 6.85. The molecule has 4 nitrogen and oxygen atoms in total. The van der Waals surface area contributed by atoms with Crippen LogP contribution in [-0.2, 0) is 5.41 Å². The van der Waals surface area contributed by atoms with Gasteiger partial charge in [0.15, 0.2) is 5.78 Å². The van der Waals surface area contributed by atoms with E-state index >= 15 is 0 Å². The molecule has 0 N–H and O–H groups in total. The van der Waals surface area contributed by atoms with E-state index in [1.165, 1.54) is 94.7 Å². The summed E-state index contributed by atoms with van der Waals surface area (Å²) in [5, 5.41) is 2.05. The summed E-state index contributed by atoms with van der Waals surface area (Å²) in [6, 6.07) is 18.7. The topological polar surface area (TPSA) is 41.9 Å². The molecule has 1 unspecified atom stereocenters. The summed E-state index contributed by atoms with van der Waals surface area (Å²) >= 11 is 0. The molecule has 0 bridgehead atoms. The Morgan fingerprint density at radius 1 is 0.773 bits per heavy atom.